The minimum Gasteiger partial charge on any atom is -0.339 e. The zero-order valence-corrected chi connectivity index (χ0v) is 14.7. The van der Waals surface area contributed by atoms with E-state index in [1.54, 1.807) is 12.3 Å². The lowest BCUT2D eigenvalue weighted by atomic mass is 9.98. The third-order valence-electron chi connectivity index (χ3n) is 4.16. The lowest BCUT2D eigenvalue weighted by Crippen LogP contribution is -2.32. The average Bonchev–Trinajstić information content (AvgIpc) is 2.67. The molecule has 21 heavy (non-hydrogen) atoms. The second kappa shape index (κ2) is 6.67. The van der Waals surface area contributed by atoms with E-state index in [4.69, 9.17) is 10.7 Å². The Hall–Kier alpha value is -0.590. The van der Waals surface area contributed by atoms with Gasteiger partial charge >= 0.3 is 0 Å². The van der Waals surface area contributed by atoms with E-state index >= 15 is 0 Å². The van der Waals surface area contributed by atoms with Crippen LogP contribution in [0, 0.1) is 12.8 Å². The van der Waals surface area contributed by atoms with Crippen molar-refractivity contribution in [1.29, 1.82) is 0 Å². The van der Waals surface area contributed by atoms with E-state index in [-0.39, 0.29) is 10.1 Å². The summed E-state index contributed by atoms with van der Waals surface area (Å²) in [6, 6.07) is 0. The highest BCUT2D eigenvalue weighted by Gasteiger charge is 2.26. The number of likely N-dealkylation sites (tertiary alicyclic amines) is 1. The zero-order valence-electron chi connectivity index (χ0n) is 12.3. The largest absolute Gasteiger partial charge is 0.339 e. The van der Waals surface area contributed by atoms with Crippen molar-refractivity contribution in [2.45, 2.75) is 43.7 Å². The number of rotatable bonds is 3. The summed E-state index contributed by atoms with van der Waals surface area (Å²) < 4.78 is 23.0. The molecule has 4 nitrogen and oxygen atoms in total. The summed E-state index contributed by atoms with van der Waals surface area (Å²) in [5.41, 5.74) is 0.936. The van der Waals surface area contributed by atoms with Crippen molar-refractivity contribution in [3.63, 3.8) is 0 Å². The fraction of sp³-hybridized carbons (Fsp3) is 0.643. The van der Waals surface area contributed by atoms with Gasteiger partial charge in [-0.25, -0.2) is 8.42 Å². The molecule has 0 spiro atoms. The molecule has 0 bridgehead atoms. The van der Waals surface area contributed by atoms with Gasteiger partial charge in [0.05, 0.1) is 5.56 Å². The number of carbonyl (C=O) groups excluding carboxylic acids is 1. The van der Waals surface area contributed by atoms with Crippen LogP contribution in [0.4, 0.5) is 0 Å². The van der Waals surface area contributed by atoms with Gasteiger partial charge in [-0.05, 0) is 37.7 Å². The van der Waals surface area contributed by atoms with Gasteiger partial charge in [-0.3, -0.25) is 4.79 Å². The Balaban J connectivity index is 2.19. The summed E-state index contributed by atoms with van der Waals surface area (Å²) in [6.07, 6.45) is 4.33. The number of hydrogen-bond acceptors (Lipinski definition) is 4. The van der Waals surface area contributed by atoms with Gasteiger partial charge in [0.1, 0.15) is 4.21 Å². The Labute approximate surface area is 134 Å². The fourth-order valence-electron chi connectivity index (χ4n) is 2.80. The Bertz CT molecular complexity index is 624. The van der Waals surface area contributed by atoms with E-state index in [9.17, 15) is 13.2 Å². The first-order chi connectivity index (χ1) is 9.84. The first kappa shape index (κ1) is 16.8. The first-order valence-electron chi connectivity index (χ1n) is 7.16. The van der Waals surface area contributed by atoms with E-state index < -0.39 is 9.05 Å². The molecular weight excluding hydrogens is 330 g/mol. The molecule has 0 radical (unpaired) electrons. The lowest BCUT2D eigenvalue weighted by molar-refractivity contribution is 0.0759. The van der Waals surface area contributed by atoms with Crippen molar-refractivity contribution in [3.05, 3.63) is 16.5 Å². The standard InChI is InChI=1S/C14H20ClNO3S2/c1-3-11-5-4-7-16(8-6-11)13(17)12-9-20-14(10(12)2)21(15,18)19/h9,11H,3-8H2,1-2H3. The van der Waals surface area contributed by atoms with E-state index in [0.29, 0.717) is 17.0 Å². The van der Waals surface area contributed by atoms with Crippen molar-refractivity contribution in [2.24, 2.45) is 5.92 Å². The Morgan fingerprint density at radius 3 is 2.71 bits per heavy atom. The normalized spacial score (nSPS) is 20.3. The maximum Gasteiger partial charge on any atom is 0.271 e. The zero-order chi connectivity index (χ0) is 15.6. The monoisotopic (exact) mass is 349 g/mol. The molecule has 0 aromatic carbocycles. The Morgan fingerprint density at radius 1 is 1.43 bits per heavy atom. The Morgan fingerprint density at radius 2 is 2.14 bits per heavy atom. The number of nitrogens with zero attached hydrogens (tertiary/aromatic N) is 1. The van der Waals surface area contributed by atoms with Crippen LogP contribution in [0.15, 0.2) is 9.59 Å². The van der Waals surface area contributed by atoms with Crippen molar-refractivity contribution >= 4 is 37.0 Å². The van der Waals surface area contributed by atoms with Crippen LogP contribution < -0.4 is 0 Å². The third-order valence-corrected chi connectivity index (χ3v) is 7.47. The molecule has 1 aromatic rings. The van der Waals surface area contributed by atoms with Crippen molar-refractivity contribution < 1.29 is 13.2 Å². The summed E-state index contributed by atoms with van der Waals surface area (Å²) in [4.78, 5) is 14.4. The second-order valence-electron chi connectivity index (χ2n) is 5.50. The quantitative estimate of drug-likeness (QED) is 0.783. The van der Waals surface area contributed by atoms with Crippen LogP contribution in [0.1, 0.15) is 48.5 Å². The number of carbonyl (C=O) groups is 1. The van der Waals surface area contributed by atoms with Crippen LogP contribution in [-0.4, -0.2) is 32.3 Å². The number of hydrogen-bond donors (Lipinski definition) is 0. The fourth-order valence-corrected chi connectivity index (χ4v) is 5.34. The van der Waals surface area contributed by atoms with Gasteiger partial charge in [-0.2, -0.15) is 0 Å². The molecule has 1 aliphatic rings. The molecule has 1 unspecified atom stereocenters. The molecule has 1 aliphatic heterocycles. The van der Waals surface area contributed by atoms with E-state index in [1.807, 2.05) is 4.90 Å². The summed E-state index contributed by atoms with van der Waals surface area (Å²) >= 11 is 1.02. The molecule has 2 heterocycles. The van der Waals surface area contributed by atoms with Crippen LogP contribution in [-0.2, 0) is 9.05 Å². The topological polar surface area (TPSA) is 54.5 Å². The van der Waals surface area contributed by atoms with E-state index in [2.05, 4.69) is 6.92 Å². The maximum atomic E-state index is 12.6. The molecule has 118 valence electrons. The summed E-state index contributed by atoms with van der Waals surface area (Å²) in [5.74, 6) is 0.609. The van der Waals surface area contributed by atoms with Gasteiger partial charge in [0, 0.05) is 29.2 Å². The third kappa shape index (κ3) is 3.79. The van der Waals surface area contributed by atoms with Crippen LogP contribution in [0.3, 0.4) is 0 Å². The van der Waals surface area contributed by atoms with Gasteiger partial charge < -0.3 is 4.90 Å². The van der Waals surface area contributed by atoms with Gasteiger partial charge in [0.2, 0.25) is 0 Å². The SMILES string of the molecule is CCC1CCCN(C(=O)c2csc(S(=O)(=O)Cl)c2C)CC1. The molecule has 1 atom stereocenters. The average molecular weight is 350 g/mol. The minimum absolute atomic E-state index is 0.0768. The predicted octanol–water partition coefficient (Wildman–Crippen LogP) is 3.64. The molecule has 7 heteroatoms. The molecular formula is C14H20ClNO3S2. The molecule has 0 N–H and O–H groups in total. The van der Waals surface area contributed by atoms with E-state index in [0.717, 1.165) is 50.1 Å². The molecule has 1 aromatic heterocycles. The smallest absolute Gasteiger partial charge is 0.271 e. The van der Waals surface area contributed by atoms with E-state index in [1.165, 1.54) is 0 Å². The number of thiophene rings is 1. The lowest BCUT2D eigenvalue weighted by Gasteiger charge is -2.20. The van der Waals surface area contributed by atoms with Gasteiger partial charge in [0.25, 0.3) is 15.0 Å². The Kier molecular flexibility index (Phi) is 5.33. The van der Waals surface area contributed by atoms with Gasteiger partial charge in [0.15, 0.2) is 0 Å². The minimum atomic E-state index is -3.78. The summed E-state index contributed by atoms with van der Waals surface area (Å²) in [6.45, 7) is 5.32. The first-order valence-corrected chi connectivity index (χ1v) is 10.4. The summed E-state index contributed by atoms with van der Waals surface area (Å²) in [5, 5.41) is 1.61. The molecule has 1 amide bonds. The highest BCUT2D eigenvalue weighted by atomic mass is 35.7. The number of amides is 1. The summed E-state index contributed by atoms with van der Waals surface area (Å²) in [7, 11) is 1.61. The van der Waals surface area contributed by atoms with Crippen LogP contribution in [0.25, 0.3) is 0 Å². The number of halogens is 1. The molecule has 2 rings (SSSR count). The van der Waals surface area contributed by atoms with Crippen LogP contribution in [0.5, 0.6) is 0 Å². The highest BCUT2D eigenvalue weighted by molar-refractivity contribution is 8.15. The second-order valence-corrected chi connectivity index (χ2v) is 9.14. The molecule has 0 aliphatic carbocycles. The van der Waals surface area contributed by atoms with Crippen molar-refractivity contribution in [1.82, 2.24) is 4.90 Å². The van der Waals surface area contributed by atoms with Crippen LogP contribution in [0.2, 0.25) is 0 Å². The molecule has 0 saturated carbocycles. The highest BCUT2D eigenvalue weighted by Crippen LogP contribution is 2.31. The maximum absolute atomic E-state index is 12.6. The molecule has 1 saturated heterocycles. The van der Waals surface area contributed by atoms with Crippen LogP contribution >= 0.6 is 22.0 Å². The predicted molar refractivity (Wildman–Crippen MR) is 85.6 cm³/mol. The van der Waals surface area contributed by atoms with Crippen molar-refractivity contribution in [3.8, 4) is 0 Å². The van der Waals surface area contributed by atoms with Crippen molar-refractivity contribution in [2.75, 3.05) is 13.1 Å². The van der Waals surface area contributed by atoms with Gasteiger partial charge in [-0.15, -0.1) is 11.3 Å². The molecule has 1 fully saturated rings. The van der Waals surface area contributed by atoms with Gasteiger partial charge in [-0.1, -0.05) is 13.3 Å².